The zero-order chi connectivity index (χ0) is 27.1. The van der Waals surface area contributed by atoms with Crippen LogP contribution in [-0.2, 0) is 9.47 Å². The van der Waals surface area contributed by atoms with Gasteiger partial charge in [-0.3, -0.25) is 0 Å². The average molecular weight is 540 g/mol. The first-order valence-corrected chi connectivity index (χ1v) is 8.89. The van der Waals surface area contributed by atoms with Crippen molar-refractivity contribution in [2.75, 3.05) is 13.2 Å². The Balaban J connectivity index is 2.93. The maximum atomic E-state index is 13.7. The monoisotopic (exact) mass is 540 g/mol. The summed E-state index contributed by atoms with van der Waals surface area (Å²) in [6.07, 6.45) is -21.1. The summed E-state index contributed by atoms with van der Waals surface area (Å²) >= 11 is 0. The summed E-state index contributed by atoms with van der Waals surface area (Å²) in [7, 11) is 0. The van der Waals surface area contributed by atoms with Gasteiger partial charge >= 0.3 is 35.8 Å². The number of hydrogen-bond acceptors (Lipinski definition) is 6. The SMILES string of the molecule is OC[C@H]1O[C@@H](OCCCC(F)(F)C(F)(F)C(F)(F)C(F)(F)C(F)(F)C(F)(F)F)[C@H](O)[C@@H](O)[C@@H]1O. The summed E-state index contributed by atoms with van der Waals surface area (Å²) in [5, 5.41) is 37.5. The van der Waals surface area contributed by atoms with Gasteiger partial charge in [-0.1, -0.05) is 0 Å². The van der Waals surface area contributed by atoms with Crippen LogP contribution in [0.1, 0.15) is 12.8 Å². The molecule has 1 fully saturated rings. The van der Waals surface area contributed by atoms with Crippen molar-refractivity contribution in [1.29, 1.82) is 0 Å². The van der Waals surface area contributed by atoms with Gasteiger partial charge in [0.05, 0.1) is 13.2 Å². The molecule has 34 heavy (non-hydrogen) atoms. The van der Waals surface area contributed by atoms with Gasteiger partial charge in [-0.15, -0.1) is 0 Å². The third-order valence-electron chi connectivity index (χ3n) is 4.76. The fraction of sp³-hybridized carbons (Fsp3) is 1.00. The topological polar surface area (TPSA) is 99.4 Å². The van der Waals surface area contributed by atoms with E-state index in [4.69, 9.17) is 9.84 Å². The lowest BCUT2D eigenvalue weighted by atomic mass is 9.92. The molecule has 0 aliphatic carbocycles. The zero-order valence-corrected chi connectivity index (χ0v) is 16.2. The predicted molar refractivity (Wildman–Crippen MR) is 79.7 cm³/mol. The van der Waals surface area contributed by atoms with Crippen LogP contribution in [0.25, 0.3) is 0 Å². The van der Waals surface area contributed by atoms with E-state index in [1.54, 1.807) is 0 Å². The summed E-state index contributed by atoms with van der Waals surface area (Å²) in [5.41, 5.74) is 0. The molecule has 0 bridgehead atoms. The highest BCUT2D eigenvalue weighted by atomic mass is 19.4. The van der Waals surface area contributed by atoms with E-state index in [0.717, 1.165) is 0 Å². The minimum atomic E-state index is -7.99. The maximum Gasteiger partial charge on any atom is 0.460 e. The molecule has 1 aliphatic heterocycles. The van der Waals surface area contributed by atoms with Crippen LogP contribution in [-0.4, -0.2) is 100 Å². The Bertz CT molecular complexity index is 684. The molecular weight excluding hydrogens is 523 g/mol. The number of aliphatic hydroxyl groups is 4. The van der Waals surface area contributed by atoms with E-state index in [0.29, 0.717) is 0 Å². The molecule has 0 spiro atoms. The normalized spacial score (nSPS) is 28.3. The van der Waals surface area contributed by atoms with E-state index in [1.807, 2.05) is 0 Å². The number of aliphatic hydroxyl groups excluding tert-OH is 4. The van der Waals surface area contributed by atoms with Crippen LogP contribution in [0.5, 0.6) is 0 Å². The third kappa shape index (κ3) is 5.04. The highest BCUT2D eigenvalue weighted by Gasteiger charge is 2.90. The first kappa shape index (κ1) is 30.9. The van der Waals surface area contributed by atoms with Gasteiger partial charge in [0.2, 0.25) is 0 Å². The van der Waals surface area contributed by atoms with Crippen LogP contribution in [0.2, 0.25) is 0 Å². The highest BCUT2D eigenvalue weighted by Crippen LogP contribution is 2.60. The zero-order valence-electron chi connectivity index (χ0n) is 16.2. The van der Waals surface area contributed by atoms with Gasteiger partial charge in [-0.2, -0.15) is 57.1 Å². The van der Waals surface area contributed by atoms with Crippen molar-refractivity contribution in [2.24, 2.45) is 0 Å². The molecule has 1 aliphatic rings. The molecule has 1 rings (SSSR count). The second-order valence-electron chi connectivity index (χ2n) is 7.17. The molecule has 4 N–H and O–H groups in total. The van der Waals surface area contributed by atoms with Crippen LogP contribution in [0.3, 0.4) is 0 Å². The van der Waals surface area contributed by atoms with Crippen molar-refractivity contribution in [3.63, 3.8) is 0 Å². The Labute approximate surface area is 180 Å². The number of rotatable bonds is 10. The molecular formula is C15H17F13O6. The summed E-state index contributed by atoms with van der Waals surface area (Å²) in [4.78, 5) is 0. The number of hydrogen-bond donors (Lipinski definition) is 4. The number of halogens is 13. The quantitative estimate of drug-likeness (QED) is 0.251. The van der Waals surface area contributed by atoms with E-state index < -0.39 is 92.6 Å². The van der Waals surface area contributed by atoms with E-state index in [2.05, 4.69) is 4.74 Å². The van der Waals surface area contributed by atoms with Crippen LogP contribution in [0.4, 0.5) is 57.1 Å². The molecule has 19 heteroatoms. The van der Waals surface area contributed by atoms with Gasteiger partial charge in [0.1, 0.15) is 24.4 Å². The van der Waals surface area contributed by atoms with Crippen LogP contribution >= 0.6 is 0 Å². The van der Waals surface area contributed by atoms with Crippen molar-refractivity contribution >= 4 is 0 Å². The fourth-order valence-electron chi connectivity index (χ4n) is 2.66. The summed E-state index contributed by atoms with van der Waals surface area (Å²) in [5.74, 6) is -37.4. The fourth-order valence-corrected chi connectivity index (χ4v) is 2.66. The van der Waals surface area contributed by atoms with Crippen LogP contribution in [0.15, 0.2) is 0 Å². The maximum absolute atomic E-state index is 13.7. The van der Waals surface area contributed by atoms with Gasteiger partial charge in [-0.25, -0.2) is 0 Å². The van der Waals surface area contributed by atoms with Gasteiger partial charge in [0.15, 0.2) is 6.29 Å². The third-order valence-corrected chi connectivity index (χ3v) is 4.76. The highest BCUT2D eigenvalue weighted by molar-refractivity contribution is 5.10. The average Bonchev–Trinajstić information content (AvgIpc) is 2.69. The Morgan fingerprint density at radius 2 is 1.12 bits per heavy atom. The molecule has 1 heterocycles. The van der Waals surface area contributed by atoms with Crippen molar-refractivity contribution < 1.29 is 87.0 Å². The Hall–Kier alpha value is -1.15. The number of alkyl halides is 13. The van der Waals surface area contributed by atoms with Crippen molar-refractivity contribution in [3.8, 4) is 0 Å². The summed E-state index contributed by atoms with van der Waals surface area (Å²) in [6, 6.07) is 0. The molecule has 0 radical (unpaired) electrons. The van der Waals surface area contributed by atoms with E-state index in [1.165, 1.54) is 0 Å². The van der Waals surface area contributed by atoms with E-state index in [9.17, 15) is 72.4 Å². The lowest BCUT2D eigenvalue weighted by Gasteiger charge is -2.40. The lowest BCUT2D eigenvalue weighted by molar-refractivity contribution is -0.440. The smallest absolute Gasteiger partial charge is 0.394 e. The molecule has 1 saturated heterocycles. The summed E-state index contributed by atoms with van der Waals surface area (Å²) in [6.45, 7) is -2.20. The summed E-state index contributed by atoms with van der Waals surface area (Å²) < 4.78 is 178. The standard InChI is InChI=1S/C15H17F13O6/c16-10(17,2-1-3-33-9-8(32)7(31)6(30)5(4-29)34-9)11(18,19)12(20,21)13(22,23)14(24,25)15(26,27)28/h5-9,29-32H,1-4H2/t5-,6-,7+,8-,9-/m1/s1. The first-order valence-electron chi connectivity index (χ1n) is 8.89. The van der Waals surface area contributed by atoms with Gasteiger partial charge in [-0.05, 0) is 6.42 Å². The molecule has 204 valence electrons. The minimum Gasteiger partial charge on any atom is -0.394 e. The van der Waals surface area contributed by atoms with Crippen LogP contribution < -0.4 is 0 Å². The van der Waals surface area contributed by atoms with E-state index in [-0.39, 0.29) is 0 Å². The van der Waals surface area contributed by atoms with Crippen molar-refractivity contribution in [1.82, 2.24) is 0 Å². The molecule has 6 nitrogen and oxygen atoms in total. The Kier molecular flexibility index (Phi) is 8.83. The molecule has 0 amide bonds. The lowest BCUT2D eigenvalue weighted by Crippen LogP contribution is -2.70. The number of ether oxygens (including phenoxy) is 2. The second kappa shape index (κ2) is 9.72. The largest absolute Gasteiger partial charge is 0.460 e. The van der Waals surface area contributed by atoms with Crippen molar-refractivity contribution in [3.05, 3.63) is 0 Å². The second-order valence-corrected chi connectivity index (χ2v) is 7.17. The molecule has 0 saturated carbocycles. The van der Waals surface area contributed by atoms with Gasteiger partial charge in [0, 0.05) is 6.42 Å². The van der Waals surface area contributed by atoms with Gasteiger partial charge in [0.25, 0.3) is 0 Å². The molecule has 0 aromatic heterocycles. The minimum absolute atomic E-state index is 0.971. The molecule has 0 aromatic carbocycles. The predicted octanol–water partition coefficient (Wildman–Crippen LogP) is 2.32. The van der Waals surface area contributed by atoms with Gasteiger partial charge < -0.3 is 29.9 Å². The Morgan fingerprint density at radius 3 is 1.56 bits per heavy atom. The van der Waals surface area contributed by atoms with Crippen molar-refractivity contribution in [2.45, 2.75) is 79.3 Å². The molecule has 0 aromatic rings. The Morgan fingerprint density at radius 1 is 0.647 bits per heavy atom. The first-order chi connectivity index (χ1) is 15.0. The van der Waals surface area contributed by atoms with Crippen LogP contribution in [0, 0.1) is 0 Å². The molecule has 5 atom stereocenters. The molecule has 0 unspecified atom stereocenters. The van der Waals surface area contributed by atoms with E-state index >= 15 is 0 Å².